The molecule has 0 aromatic heterocycles. The van der Waals surface area contributed by atoms with Crippen molar-refractivity contribution in [2.75, 3.05) is 6.61 Å². The number of hydroxylamine groups is 2. The molecule has 0 saturated heterocycles. The van der Waals surface area contributed by atoms with E-state index in [0.29, 0.717) is 37.2 Å². The van der Waals surface area contributed by atoms with Gasteiger partial charge >= 0.3 is 5.97 Å². The van der Waals surface area contributed by atoms with Crippen LogP contribution in [-0.4, -0.2) is 28.9 Å². The van der Waals surface area contributed by atoms with Gasteiger partial charge < -0.3 is 9.94 Å². The summed E-state index contributed by atoms with van der Waals surface area (Å²) in [6, 6.07) is 4.34. The van der Waals surface area contributed by atoms with Gasteiger partial charge in [0.15, 0.2) is 0 Å². The Kier molecular flexibility index (Phi) is 9.65. The maximum absolute atomic E-state index is 11.7. The Morgan fingerprint density at radius 1 is 0.964 bits per heavy atom. The largest absolute Gasteiger partial charge is 0.466 e. The van der Waals surface area contributed by atoms with Gasteiger partial charge in [0.1, 0.15) is 0 Å². The van der Waals surface area contributed by atoms with Crippen LogP contribution in [0.5, 0.6) is 0 Å². The number of hydrogen-bond acceptors (Lipinski definition) is 4. The summed E-state index contributed by atoms with van der Waals surface area (Å²) in [4.78, 5) is 11.7. The van der Waals surface area contributed by atoms with Crippen LogP contribution in [0.15, 0.2) is 12.1 Å². The normalized spacial score (nSPS) is 14.2. The molecule has 2 atom stereocenters. The SMILES string of the molecule is CCOC(=O)CC[C@@H](C)N(O)[C@H](C)c1c(C(C)C)cc(C(C)C)cc1C(C)C. The monoisotopic (exact) mass is 391 g/mol. The fourth-order valence-electron chi connectivity index (χ4n) is 3.70. The van der Waals surface area contributed by atoms with Crippen LogP contribution in [0.25, 0.3) is 0 Å². The Hall–Kier alpha value is -1.39. The third kappa shape index (κ3) is 6.31. The fraction of sp³-hybridized carbons (Fsp3) is 0.708. The molecule has 0 amide bonds. The van der Waals surface area contributed by atoms with E-state index in [1.807, 2.05) is 13.8 Å². The summed E-state index contributed by atoms with van der Waals surface area (Å²) in [5, 5.41) is 12.4. The van der Waals surface area contributed by atoms with Crippen LogP contribution in [0.3, 0.4) is 0 Å². The van der Waals surface area contributed by atoms with Crippen molar-refractivity contribution in [1.82, 2.24) is 5.06 Å². The first-order chi connectivity index (χ1) is 13.0. The van der Waals surface area contributed by atoms with Gasteiger partial charge in [-0.2, -0.15) is 5.06 Å². The van der Waals surface area contributed by atoms with Gasteiger partial charge in [-0.05, 0) is 67.2 Å². The van der Waals surface area contributed by atoms with Gasteiger partial charge in [0.25, 0.3) is 0 Å². The van der Waals surface area contributed by atoms with E-state index in [4.69, 9.17) is 4.74 Å². The van der Waals surface area contributed by atoms with Crippen molar-refractivity contribution in [2.45, 2.75) is 105 Å². The molecule has 1 aromatic rings. The lowest BCUT2D eigenvalue weighted by atomic mass is 9.81. The average Bonchev–Trinajstić information content (AvgIpc) is 2.63. The van der Waals surface area contributed by atoms with E-state index in [9.17, 15) is 10.0 Å². The molecule has 4 nitrogen and oxygen atoms in total. The molecule has 0 fully saturated rings. The smallest absolute Gasteiger partial charge is 0.305 e. The lowest BCUT2D eigenvalue weighted by Gasteiger charge is -2.33. The fourth-order valence-corrected chi connectivity index (χ4v) is 3.70. The van der Waals surface area contributed by atoms with Gasteiger partial charge in [-0.15, -0.1) is 0 Å². The van der Waals surface area contributed by atoms with E-state index in [2.05, 4.69) is 60.6 Å². The molecule has 28 heavy (non-hydrogen) atoms. The van der Waals surface area contributed by atoms with Gasteiger partial charge in [-0.25, -0.2) is 0 Å². The van der Waals surface area contributed by atoms with E-state index in [-0.39, 0.29) is 18.1 Å². The van der Waals surface area contributed by atoms with Crippen molar-refractivity contribution in [3.05, 3.63) is 34.4 Å². The molecule has 0 spiro atoms. The quantitative estimate of drug-likeness (QED) is 0.363. The van der Waals surface area contributed by atoms with Crippen LogP contribution in [-0.2, 0) is 9.53 Å². The predicted molar refractivity (Wildman–Crippen MR) is 116 cm³/mol. The van der Waals surface area contributed by atoms with Crippen LogP contribution in [0.1, 0.15) is 121 Å². The zero-order valence-corrected chi connectivity index (χ0v) is 19.4. The second-order valence-electron chi connectivity index (χ2n) is 8.83. The highest BCUT2D eigenvalue weighted by atomic mass is 16.5. The summed E-state index contributed by atoms with van der Waals surface area (Å²) in [7, 11) is 0. The number of rotatable bonds is 10. The number of esters is 1. The van der Waals surface area contributed by atoms with Gasteiger partial charge in [0.2, 0.25) is 0 Å². The van der Waals surface area contributed by atoms with E-state index in [0.717, 1.165) is 0 Å². The molecule has 1 aromatic carbocycles. The van der Waals surface area contributed by atoms with Gasteiger partial charge in [0, 0.05) is 12.5 Å². The van der Waals surface area contributed by atoms with Gasteiger partial charge in [-0.3, -0.25) is 4.79 Å². The average molecular weight is 392 g/mol. The Morgan fingerprint density at radius 2 is 1.46 bits per heavy atom. The molecule has 0 radical (unpaired) electrons. The topological polar surface area (TPSA) is 49.8 Å². The lowest BCUT2D eigenvalue weighted by Crippen LogP contribution is -2.34. The molecular formula is C24H41NO3. The number of nitrogens with zero attached hydrogens (tertiary/aromatic N) is 1. The third-order valence-corrected chi connectivity index (χ3v) is 5.51. The highest BCUT2D eigenvalue weighted by molar-refractivity contribution is 5.69. The predicted octanol–water partition coefficient (Wildman–Crippen LogP) is 6.54. The van der Waals surface area contributed by atoms with Crippen molar-refractivity contribution >= 4 is 5.97 Å². The van der Waals surface area contributed by atoms with Crippen molar-refractivity contribution in [2.24, 2.45) is 0 Å². The Bertz CT molecular complexity index is 608. The highest BCUT2D eigenvalue weighted by Crippen LogP contribution is 2.38. The maximum atomic E-state index is 11.7. The molecule has 0 bridgehead atoms. The Morgan fingerprint density at radius 3 is 1.86 bits per heavy atom. The summed E-state index contributed by atoms with van der Waals surface area (Å²) in [5.41, 5.74) is 5.18. The Balaban J connectivity index is 3.23. The minimum Gasteiger partial charge on any atom is -0.466 e. The molecule has 1 N–H and O–H groups in total. The van der Waals surface area contributed by atoms with Crippen LogP contribution >= 0.6 is 0 Å². The minimum atomic E-state index is -0.206. The summed E-state index contributed by atoms with van der Waals surface area (Å²) < 4.78 is 5.01. The Labute approximate surface area is 172 Å². The standard InChI is InChI=1S/C24H41NO3/c1-10-28-23(26)12-11-18(8)25(27)19(9)24-21(16(4)5)13-20(15(2)3)14-22(24)17(6)7/h13-19,27H,10-12H2,1-9H3/t18-,19-/m1/s1. The van der Waals surface area contributed by atoms with Crippen molar-refractivity contribution in [3.63, 3.8) is 0 Å². The molecular weight excluding hydrogens is 350 g/mol. The molecule has 0 heterocycles. The summed E-state index contributed by atoms with van der Waals surface area (Å²) in [6.07, 6.45) is 0.886. The molecule has 0 saturated carbocycles. The molecule has 0 unspecified atom stereocenters. The minimum absolute atomic E-state index is 0.135. The molecule has 1 rings (SSSR count). The van der Waals surface area contributed by atoms with Crippen molar-refractivity contribution in [3.8, 4) is 0 Å². The number of benzene rings is 1. The lowest BCUT2D eigenvalue weighted by molar-refractivity contribution is -0.159. The van der Waals surface area contributed by atoms with E-state index >= 15 is 0 Å². The van der Waals surface area contributed by atoms with Gasteiger partial charge in [-0.1, -0.05) is 53.7 Å². The third-order valence-electron chi connectivity index (χ3n) is 5.51. The van der Waals surface area contributed by atoms with Crippen LogP contribution in [0.4, 0.5) is 0 Å². The first-order valence-electron chi connectivity index (χ1n) is 10.8. The van der Waals surface area contributed by atoms with E-state index in [1.165, 1.54) is 27.3 Å². The summed E-state index contributed by atoms with van der Waals surface area (Å²) in [6.45, 7) is 19.5. The van der Waals surface area contributed by atoms with Crippen LogP contribution in [0.2, 0.25) is 0 Å². The molecule has 160 valence electrons. The van der Waals surface area contributed by atoms with Crippen molar-refractivity contribution in [1.29, 1.82) is 0 Å². The zero-order valence-electron chi connectivity index (χ0n) is 19.4. The second kappa shape index (κ2) is 11.0. The second-order valence-corrected chi connectivity index (χ2v) is 8.83. The highest BCUT2D eigenvalue weighted by Gasteiger charge is 2.27. The van der Waals surface area contributed by atoms with Gasteiger partial charge in [0.05, 0.1) is 12.6 Å². The molecule has 0 aliphatic rings. The first-order valence-corrected chi connectivity index (χ1v) is 10.8. The number of ether oxygens (including phenoxy) is 1. The van der Waals surface area contributed by atoms with E-state index < -0.39 is 0 Å². The first kappa shape index (κ1) is 24.6. The van der Waals surface area contributed by atoms with Crippen molar-refractivity contribution < 1.29 is 14.7 Å². The van der Waals surface area contributed by atoms with E-state index in [1.54, 1.807) is 0 Å². The molecule has 0 aliphatic carbocycles. The zero-order chi connectivity index (χ0) is 21.6. The van der Waals surface area contributed by atoms with Crippen LogP contribution < -0.4 is 0 Å². The molecule has 0 aliphatic heterocycles. The molecule has 4 heteroatoms. The number of hydrogen-bond donors (Lipinski definition) is 1. The number of carbonyl (C=O) groups excluding carboxylic acids is 1. The maximum Gasteiger partial charge on any atom is 0.305 e. The summed E-state index contributed by atoms with van der Waals surface area (Å²) >= 11 is 0. The number of carbonyl (C=O) groups is 1. The summed E-state index contributed by atoms with van der Waals surface area (Å²) in [5.74, 6) is 1.00. The van der Waals surface area contributed by atoms with Crippen LogP contribution in [0, 0.1) is 0 Å².